The number of methoxy groups -OCH3 is 1. The lowest BCUT2D eigenvalue weighted by Gasteiger charge is -2.04. The van der Waals surface area contributed by atoms with Gasteiger partial charge in [-0.2, -0.15) is 5.10 Å². The van der Waals surface area contributed by atoms with E-state index in [2.05, 4.69) is 5.10 Å². The van der Waals surface area contributed by atoms with E-state index in [0.717, 1.165) is 17.2 Å². The van der Waals surface area contributed by atoms with Gasteiger partial charge in [0.15, 0.2) is 5.75 Å². The van der Waals surface area contributed by atoms with Gasteiger partial charge in [0.25, 0.3) is 0 Å². The van der Waals surface area contributed by atoms with E-state index < -0.39 is 0 Å². The van der Waals surface area contributed by atoms with Crippen molar-refractivity contribution in [3.8, 4) is 22.9 Å². The first kappa shape index (κ1) is 13.5. The molecule has 1 heterocycles. The number of hydrogen-bond donors (Lipinski definition) is 0. The van der Waals surface area contributed by atoms with Gasteiger partial charge in [0, 0.05) is 5.02 Å². The Morgan fingerprint density at radius 3 is 2.24 bits per heavy atom. The van der Waals surface area contributed by atoms with Crippen LogP contribution in [0.5, 0.6) is 17.2 Å². The van der Waals surface area contributed by atoms with Gasteiger partial charge in [-0.15, -0.1) is 0 Å². The first-order valence-electron chi connectivity index (χ1n) is 6.37. The fourth-order valence-electron chi connectivity index (χ4n) is 1.87. The third-order valence-corrected chi connectivity index (χ3v) is 3.20. The Bertz CT molecular complexity index is 721. The van der Waals surface area contributed by atoms with Gasteiger partial charge in [0.1, 0.15) is 11.5 Å². The van der Waals surface area contributed by atoms with Gasteiger partial charge in [-0.05, 0) is 48.5 Å². The lowest BCUT2D eigenvalue weighted by Crippen LogP contribution is -1.92. The predicted molar refractivity (Wildman–Crippen MR) is 81.6 cm³/mol. The van der Waals surface area contributed by atoms with Gasteiger partial charge < -0.3 is 9.47 Å². The molecule has 3 rings (SSSR count). The molecule has 0 aliphatic rings. The summed E-state index contributed by atoms with van der Waals surface area (Å²) in [7, 11) is 1.63. The summed E-state index contributed by atoms with van der Waals surface area (Å²) in [6.07, 6.45) is 3.48. The number of aromatic nitrogens is 2. The number of benzene rings is 2. The van der Waals surface area contributed by atoms with Crippen LogP contribution in [0.15, 0.2) is 60.9 Å². The van der Waals surface area contributed by atoms with Crippen molar-refractivity contribution in [1.29, 1.82) is 0 Å². The molecule has 0 aliphatic carbocycles. The average Bonchev–Trinajstić information content (AvgIpc) is 2.97. The Morgan fingerprint density at radius 2 is 1.57 bits per heavy atom. The Kier molecular flexibility index (Phi) is 3.79. The lowest BCUT2D eigenvalue weighted by molar-refractivity contribution is 0.413. The van der Waals surface area contributed by atoms with Gasteiger partial charge in [-0.25, -0.2) is 4.68 Å². The standard InChI is InChI=1S/C16H13ClN2O2/c1-20-14-6-8-15(9-7-14)21-16-10-18-19(11-16)13-4-2-12(17)3-5-13/h2-11H,1H3. The maximum atomic E-state index is 5.87. The molecule has 1 aromatic heterocycles. The SMILES string of the molecule is COc1ccc(Oc2cnn(-c3ccc(Cl)cc3)c2)cc1. The number of ether oxygens (including phenoxy) is 2. The van der Waals surface area contributed by atoms with Crippen molar-refractivity contribution < 1.29 is 9.47 Å². The fourth-order valence-corrected chi connectivity index (χ4v) is 2.00. The van der Waals surface area contributed by atoms with Crippen molar-refractivity contribution in [2.45, 2.75) is 0 Å². The third-order valence-electron chi connectivity index (χ3n) is 2.95. The van der Waals surface area contributed by atoms with E-state index >= 15 is 0 Å². The largest absolute Gasteiger partial charge is 0.497 e. The van der Waals surface area contributed by atoms with Crippen molar-refractivity contribution in [1.82, 2.24) is 9.78 Å². The van der Waals surface area contributed by atoms with E-state index in [1.807, 2.05) is 54.7 Å². The molecule has 2 aromatic carbocycles. The number of halogens is 1. The number of rotatable bonds is 4. The third kappa shape index (κ3) is 3.17. The maximum Gasteiger partial charge on any atom is 0.165 e. The summed E-state index contributed by atoms with van der Waals surface area (Å²) in [6, 6.07) is 14.8. The van der Waals surface area contributed by atoms with E-state index in [1.165, 1.54) is 0 Å². The van der Waals surface area contributed by atoms with Crippen LogP contribution in [0.1, 0.15) is 0 Å². The number of hydrogen-bond acceptors (Lipinski definition) is 3. The smallest absolute Gasteiger partial charge is 0.165 e. The fraction of sp³-hybridized carbons (Fsp3) is 0.0625. The van der Waals surface area contributed by atoms with Crippen molar-refractivity contribution in [3.05, 3.63) is 65.9 Å². The van der Waals surface area contributed by atoms with Crippen molar-refractivity contribution in [3.63, 3.8) is 0 Å². The van der Waals surface area contributed by atoms with E-state index in [1.54, 1.807) is 18.0 Å². The van der Waals surface area contributed by atoms with E-state index in [0.29, 0.717) is 10.8 Å². The molecule has 0 atom stereocenters. The van der Waals surface area contributed by atoms with Gasteiger partial charge in [-0.1, -0.05) is 11.6 Å². The first-order chi connectivity index (χ1) is 10.2. The van der Waals surface area contributed by atoms with Crippen molar-refractivity contribution in [2.75, 3.05) is 7.11 Å². The molecule has 0 fully saturated rings. The van der Waals surface area contributed by atoms with Gasteiger partial charge in [-0.3, -0.25) is 0 Å². The average molecular weight is 301 g/mol. The van der Waals surface area contributed by atoms with E-state index in [9.17, 15) is 0 Å². The molecule has 0 aliphatic heterocycles. The van der Waals surface area contributed by atoms with E-state index in [4.69, 9.17) is 21.1 Å². The summed E-state index contributed by atoms with van der Waals surface area (Å²) in [6.45, 7) is 0. The summed E-state index contributed by atoms with van der Waals surface area (Å²) in [5.41, 5.74) is 0.920. The second-order valence-electron chi connectivity index (χ2n) is 4.37. The van der Waals surface area contributed by atoms with Gasteiger partial charge >= 0.3 is 0 Å². The van der Waals surface area contributed by atoms with Gasteiger partial charge in [0.2, 0.25) is 0 Å². The van der Waals surface area contributed by atoms with Crippen LogP contribution in [0.4, 0.5) is 0 Å². The maximum absolute atomic E-state index is 5.87. The van der Waals surface area contributed by atoms with Crippen LogP contribution in [0.25, 0.3) is 5.69 Å². The molecular weight excluding hydrogens is 288 g/mol. The number of nitrogens with zero attached hydrogens (tertiary/aromatic N) is 2. The Hall–Kier alpha value is -2.46. The zero-order chi connectivity index (χ0) is 14.7. The molecule has 0 unspecified atom stereocenters. The van der Waals surface area contributed by atoms with Crippen LogP contribution in [-0.4, -0.2) is 16.9 Å². The minimum atomic E-state index is 0.662. The van der Waals surface area contributed by atoms with Crippen LogP contribution >= 0.6 is 11.6 Å². The van der Waals surface area contributed by atoms with Crippen molar-refractivity contribution in [2.24, 2.45) is 0 Å². The summed E-state index contributed by atoms with van der Waals surface area (Å²) in [4.78, 5) is 0. The quantitative estimate of drug-likeness (QED) is 0.719. The van der Waals surface area contributed by atoms with Crippen LogP contribution in [0.2, 0.25) is 5.02 Å². The van der Waals surface area contributed by atoms with Crippen LogP contribution in [-0.2, 0) is 0 Å². The molecule has 3 aromatic rings. The molecular formula is C16H13ClN2O2. The molecule has 0 N–H and O–H groups in total. The summed E-state index contributed by atoms with van der Waals surface area (Å²) < 4.78 is 12.6. The summed E-state index contributed by atoms with van der Waals surface area (Å²) >= 11 is 5.87. The Balaban J connectivity index is 1.76. The van der Waals surface area contributed by atoms with Gasteiger partial charge in [0.05, 0.1) is 25.2 Å². The Morgan fingerprint density at radius 1 is 0.905 bits per heavy atom. The molecule has 0 radical (unpaired) electrons. The second-order valence-corrected chi connectivity index (χ2v) is 4.81. The molecule has 21 heavy (non-hydrogen) atoms. The van der Waals surface area contributed by atoms with Crippen molar-refractivity contribution >= 4 is 11.6 Å². The minimum Gasteiger partial charge on any atom is -0.497 e. The van der Waals surface area contributed by atoms with E-state index in [-0.39, 0.29) is 0 Å². The highest BCUT2D eigenvalue weighted by atomic mass is 35.5. The lowest BCUT2D eigenvalue weighted by atomic mass is 10.3. The molecule has 0 saturated carbocycles. The first-order valence-corrected chi connectivity index (χ1v) is 6.75. The summed E-state index contributed by atoms with van der Waals surface area (Å²) in [5.74, 6) is 2.18. The van der Waals surface area contributed by atoms with Crippen LogP contribution in [0.3, 0.4) is 0 Å². The predicted octanol–water partition coefficient (Wildman–Crippen LogP) is 4.33. The molecule has 0 bridgehead atoms. The van der Waals surface area contributed by atoms with Crippen LogP contribution < -0.4 is 9.47 Å². The molecule has 4 nitrogen and oxygen atoms in total. The van der Waals surface area contributed by atoms with Crippen LogP contribution in [0, 0.1) is 0 Å². The highest BCUT2D eigenvalue weighted by Crippen LogP contribution is 2.24. The highest BCUT2D eigenvalue weighted by Gasteiger charge is 2.03. The molecule has 106 valence electrons. The molecule has 0 spiro atoms. The molecule has 5 heteroatoms. The zero-order valence-electron chi connectivity index (χ0n) is 11.4. The zero-order valence-corrected chi connectivity index (χ0v) is 12.1. The Labute approximate surface area is 127 Å². The second kappa shape index (κ2) is 5.89. The highest BCUT2D eigenvalue weighted by molar-refractivity contribution is 6.30. The topological polar surface area (TPSA) is 36.3 Å². The molecule has 0 saturated heterocycles. The normalized spacial score (nSPS) is 10.4. The summed E-state index contributed by atoms with van der Waals surface area (Å²) in [5, 5.41) is 4.96. The monoisotopic (exact) mass is 300 g/mol. The molecule has 0 amide bonds. The minimum absolute atomic E-state index is 0.662.